The first-order chi connectivity index (χ1) is 8.69. The maximum absolute atomic E-state index is 11.7. The van der Waals surface area contributed by atoms with Gasteiger partial charge in [0.25, 0.3) is 0 Å². The molecule has 0 spiro atoms. The van der Waals surface area contributed by atoms with Gasteiger partial charge in [-0.3, -0.25) is 4.90 Å². The van der Waals surface area contributed by atoms with Crippen molar-refractivity contribution in [3.63, 3.8) is 0 Å². The Kier molecular flexibility index (Phi) is 5.72. The van der Waals surface area contributed by atoms with Gasteiger partial charge >= 0.3 is 6.09 Å². The molecule has 1 aromatic carbocycles. The van der Waals surface area contributed by atoms with E-state index in [4.69, 9.17) is 10.00 Å². The van der Waals surface area contributed by atoms with Gasteiger partial charge in [0.05, 0.1) is 6.07 Å². The molecule has 0 aliphatic rings. The van der Waals surface area contributed by atoms with Gasteiger partial charge in [-0.05, 0) is 12.0 Å². The number of hydrogen-bond acceptors (Lipinski definition) is 3. The fourth-order valence-electron chi connectivity index (χ4n) is 1.57. The average Bonchev–Trinajstić information content (AvgIpc) is 2.42. The topological polar surface area (TPSA) is 53.3 Å². The van der Waals surface area contributed by atoms with Gasteiger partial charge in [0.1, 0.15) is 12.6 Å². The summed E-state index contributed by atoms with van der Waals surface area (Å²) in [5.41, 5.74) is 0.934. The number of carbonyl (C=O) groups is 1. The van der Waals surface area contributed by atoms with E-state index in [0.29, 0.717) is 6.42 Å². The van der Waals surface area contributed by atoms with Crippen LogP contribution in [0.2, 0.25) is 0 Å². The first-order valence-electron chi connectivity index (χ1n) is 6.02. The normalized spacial score (nSPS) is 11.4. The lowest BCUT2D eigenvalue weighted by Gasteiger charge is -2.21. The zero-order chi connectivity index (χ0) is 13.4. The summed E-state index contributed by atoms with van der Waals surface area (Å²) >= 11 is 0. The van der Waals surface area contributed by atoms with E-state index in [1.807, 2.05) is 37.3 Å². The van der Waals surface area contributed by atoms with Crippen LogP contribution < -0.4 is 0 Å². The van der Waals surface area contributed by atoms with Crippen molar-refractivity contribution in [3.05, 3.63) is 35.9 Å². The molecule has 0 N–H and O–H groups in total. The maximum atomic E-state index is 11.7. The quantitative estimate of drug-likeness (QED) is 0.802. The van der Waals surface area contributed by atoms with E-state index >= 15 is 0 Å². The summed E-state index contributed by atoms with van der Waals surface area (Å²) < 4.78 is 5.15. The number of nitrogens with zero attached hydrogens (tertiary/aromatic N) is 2. The second kappa shape index (κ2) is 7.33. The molecule has 1 atom stereocenters. The molecule has 4 heteroatoms. The Morgan fingerprint density at radius 2 is 2.11 bits per heavy atom. The Morgan fingerprint density at radius 3 is 2.67 bits per heavy atom. The van der Waals surface area contributed by atoms with E-state index in [-0.39, 0.29) is 6.61 Å². The van der Waals surface area contributed by atoms with Gasteiger partial charge in [0.2, 0.25) is 0 Å². The molecule has 1 unspecified atom stereocenters. The predicted molar refractivity (Wildman–Crippen MR) is 68.7 cm³/mol. The van der Waals surface area contributed by atoms with E-state index in [1.165, 1.54) is 4.90 Å². The van der Waals surface area contributed by atoms with Gasteiger partial charge in [-0.15, -0.1) is 0 Å². The molecule has 1 rings (SSSR count). The lowest BCUT2D eigenvalue weighted by atomic mass is 10.2. The number of amides is 1. The molecule has 0 aromatic heterocycles. The van der Waals surface area contributed by atoms with E-state index in [1.54, 1.807) is 7.05 Å². The highest BCUT2D eigenvalue weighted by Gasteiger charge is 2.19. The SMILES string of the molecule is CCCC(C#N)N(C)C(=O)OCc1ccccc1. The fourth-order valence-corrected chi connectivity index (χ4v) is 1.57. The van der Waals surface area contributed by atoms with Crippen LogP contribution in [0.25, 0.3) is 0 Å². The second-order valence-electron chi connectivity index (χ2n) is 4.08. The minimum atomic E-state index is -0.459. The van der Waals surface area contributed by atoms with Crippen LogP contribution in [-0.4, -0.2) is 24.1 Å². The molecule has 0 saturated carbocycles. The van der Waals surface area contributed by atoms with Crippen molar-refractivity contribution in [3.8, 4) is 6.07 Å². The Labute approximate surface area is 108 Å². The molecule has 96 valence electrons. The van der Waals surface area contributed by atoms with Gasteiger partial charge in [-0.1, -0.05) is 43.7 Å². The third kappa shape index (κ3) is 4.10. The highest BCUT2D eigenvalue weighted by molar-refractivity contribution is 5.68. The van der Waals surface area contributed by atoms with Crippen LogP contribution in [0.3, 0.4) is 0 Å². The Bertz CT molecular complexity index is 412. The number of rotatable bonds is 5. The standard InChI is InChI=1S/C14H18N2O2/c1-3-7-13(10-15)16(2)14(17)18-11-12-8-5-4-6-9-12/h4-6,8-9,13H,3,7,11H2,1-2H3. The minimum absolute atomic E-state index is 0.230. The highest BCUT2D eigenvalue weighted by Crippen LogP contribution is 2.08. The third-order valence-electron chi connectivity index (χ3n) is 2.67. The number of carbonyl (C=O) groups excluding carboxylic acids is 1. The molecule has 4 nitrogen and oxygen atoms in total. The molecule has 18 heavy (non-hydrogen) atoms. The first kappa shape index (κ1) is 14.0. The van der Waals surface area contributed by atoms with Crippen molar-refractivity contribution >= 4 is 6.09 Å². The zero-order valence-corrected chi connectivity index (χ0v) is 10.8. The lowest BCUT2D eigenvalue weighted by Crippen LogP contribution is -2.36. The monoisotopic (exact) mass is 246 g/mol. The van der Waals surface area contributed by atoms with Gasteiger partial charge in [-0.25, -0.2) is 4.79 Å². The fraction of sp³-hybridized carbons (Fsp3) is 0.429. The minimum Gasteiger partial charge on any atom is -0.445 e. The molecule has 0 fully saturated rings. The number of hydrogen-bond donors (Lipinski definition) is 0. The average molecular weight is 246 g/mol. The molecule has 0 bridgehead atoms. The number of benzene rings is 1. The summed E-state index contributed by atoms with van der Waals surface area (Å²) in [7, 11) is 1.59. The van der Waals surface area contributed by atoms with Crippen LogP contribution in [0, 0.1) is 11.3 Å². The zero-order valence-electron chi connectivity index (χ0n) is 10.8. The van der Waals surface area contributed by atoms with Gasteiger partial charge in [0, 0.05) is 7.05 Å². The molecule has 0 aliphatic heterocycles. The Hall–Kier alpha value is -2.02. The summed E-state index contributed by atoms with van der Waals surface area (Å²) in [5, 5.41) is 8.96. The number of nitriles is 1. The largest absolute Gasteiger partial charge is 0.445 e. The van der Waals surface area contributed by atoms with Crippen molar-refractivity contribution in [2.75, 3.05) is 7.05 Å². The first-order valence-corrected chi connectivity index (χ1v) is 6.02. The van der Waals surface area contributed by atoms with Gasteiger partial charge < -0.3 is 4.74 Å². The smallest absolute Gasteiger partial charge is 0.410 e. The second-order valence-corrected chi connectivity index (χ2v) is 4.08. The molecule has 1 amide bonds. The lowest BCUT2D eigenvalue weighted by molar-refractivity contribution is 0.0967. The van der Waals surface area contributed by atoms with Gasteiger partial charge in [0.15, 0.2) is 0 Å². The highest BCUT2D eigenvalue weighted by atomic mass is 16.6. The number of ether oxygens (including phenoxy) is 1. The Balaban J connectivity index is 2.48. The van der Waals surface area contributed by atoms with Crippen molar-refractivity contribution in [1.82, 2.24) is 4.90 Å². The maximum Gasteiger partial charge on any atom is 0.410 e. The molecule has 0 aliphatic carbocycles. The molecular weight excluding hydrogens is 228 g/mol. The molecule has 0 heterocycles. The summed E-state index contributed by atoms with van der Waals surface area (Å²) in [4.78, 5) is 13.1. The van der Waals surface area contributed by atoms with Crippen molar-refractivity contribution in [2.45, 2.75) is 32.4 Å². The summed E-state index contributed by atoms with van der Waals surface area (Å²) in [6, 6.07) is 11.2. The van der Waals surface area contributed by atoms with Crippen LogP contribution in [0.4, 0.5) is 4.79 Å². The predicted octanol–water partition coefficient (Wildman–Crippen LogP) is 2.95. The van der Waals surface area contributed by atoms with E-state index < -0.39 is 12.1 Å². The van der Waals surface area contributed by atoms with Crippen LogP contribution in [-0.2, 0) is 11.3 Å². The molecule has 0 radical (unpaired) electrons. The van der Waals surface area contributed by atoms with Crippen LogP contribution >= 0.6 is 0 Å². The summed E-state index contributed by atoms with van der Waals surface area (Å²) in [5.74, 6) is 0. The Morgan fingerprint density at radius 1 is 1.44 bits per heavy atom. The third-order valence-corrected chi connectivity index (χ3v) is 2.67. The van der Waals surface area contributed by atoms with Crippen molar-refractivity contribution < 1.29 is 9.53 Å². The summed E-state index contributed by atoms with van der Waals surface area (Å²) in [6.07, 6.45) is 1.06. The molecule has 1 aromatic rings. The van der Waals surface area contributed by atoms with E-state index in [2.05, 4.69) is 6.07 Å². The van der Waals surface area contributed by atoms with E-state index in [9.17, 15) is 4.79 Å². The van der Waals surface area contributed by atoms with Crippen LogP contribution in [0.15, 0.2) is 30.3 Å². The van der Waals surface area contributed by atoms with Crippen molar-refractivity contribution in [2.24, 2.45) is 0 Å². The summed E-state index contributed by atoms with van der Waals surface area (Å²) in [6.45, 7) is 2.21. The molecule has 0 saturated heterocycles. The van der Waals surface area contributed by atoms with Crippen LogP contribution in [0.5, 0.6) is 0 Å². The van der Waals surface area contributed by atoms with Gasteiger partial charge in [-0.2, -0.15) is 5.26 Å². The van der Waals surface area contributed by atoms with Crippen LogP contribution in [0.1, 0.15) is 25.3 Å². The molecular formula is C14H18N2O2. The van der Waals surface area contributed by atoms with Crippen molar-refractivity contribution in [1.29, 1.82) is 5.26 Å². The van der Waals surface area contributed by atoms with E-state index in [0.717, 1.165) is 12.0 Å².